The summed E-state index contributed by atoms with van der Waals surface area (Å²) < 4.78 is 13.9. The van der Waals surface area contributed by atoms with Crippen LogP contribution in [-0.4, -0.2) is 5.11 Å². The molecule has 0 unspecified atom stereocenters. The van der Waals surface area contributed by atoms with Crippen LogP contribution in [0.1, 0.15) is 57.6 Å². The van der Waals surface area contributed by atoms with Gasteiger partial charge in [-0.1, -0.05) is 26.0 Å². The lowest BCUT2D eigenvalue weighted by Crippen LogP contribution is -2.16. The first-order chi connectivity index (χ1) is 7.40. The van der Waals surface area contributed by atoms with Crippen LogP contribution in [0.3, 0.4) is 0 Å². The van der Waals surface area contributed by atoms with E-state index >= 15 is 0 Å². The molecule has 0 fully saturated rings. The molecule has 0 aliphatic carbocycles. The smallest absolute Gasteiger partial charge is 0.127 e. The number of aliphatic hydroxyl groups is 1. The van der Waals surface area contributed by atoms with Crippen LogP contribution >= 0.6 is 0 Å². The van der Waals surface area contributed by atoms with Crippen molar-refractivity contribution in [3.63, 3.8) is 0 Å². The summed E-state index contributed by atoms with van der Waals surface area (Å²) in [5.41, 5.74) is 0.408. The van der Waals surface area contributed by atoms with E-state index in [0.717, 1.165) is 18.4 Å². The highest BCUT2D eigenvalue weighted by atomic mass is 19.1. The molecular weight excluding hydrogens is 203 g/mol. The Morgan fingerprint density at radius 2 is 1.81 bits per heavy atom. The fourth-order valence-corrected chi connectivity index (χ4v) is 1.97. The van der Waals surface area contributed by atoms with E-state index in [-0.39, 0.29) is 11.7 Å². The van der Waals surface area contributed by atoms with Gasteiger partial charge in [0.05, 0.1) is 5.60 Å². The molecule has 0 aliphatic heterocycles. The average Bonchev–Trinajstić information content (AvgIpc) is 2.20. The molecule has 0 bridgehead atoms. The molecule has 0 radical (unpaired) electrons. The van der Waals surface area contributed by atoms with Gasteiger partial charge in [-0.3, -0.25) is 0 Å². The third kappa shape index (κ3) is 2.82. The third-order valence-electron chi connectivity index (χ3n) is 3.13. The number of rotatable bonds is 4. The van der Waals surface area contributed by atoms with Gasteiger partial charge in [-0.2, -0.15) is 0 Å². The molecule has 0 saturated heterocycles. The minimum Gasteiger partial charge on any atom is -0.386 e. The zero-order chi connectivity index (χ0) is 12.3. The van der Waals surface area contributed by atoms with Crippen molar-refractivity contribution < 1.29 is 9.50 Å². The highest BCUT2D eigenvalue weighted by Gasteiger charge is 2.19. The van der Waals surface area contributed by atoms with Gasteiger partial charge >= 0.3 is 0 Å². The fraction of sp³-hybridized carbons (Fsp3) is 0.571. The molecule has 0 atom stereocenters. The summed E-state index contributed by atoms with van der Waals surface area (Å²) in [4.78, 5) is 0. The second-order valence-electron chi connectivity index (χ2n) is 4.81. The Labute approximate surface area is 97.3 Å². The minimum atomic E-state index is -0.979. The Balaban J connectivity index is 3.09. The topological polar surface area (TPSA) is 20.2 Å². The monoisotopic (exact) mass is 224 g/mol. The van der Waals surface area contributed by atoms with Crippen LogP contribution < -0.4 is 0 Å². The second-order valence-corrected chi connectivity index (χ2v) is 4.81. The van der Waals surface area contributed by atoms with Gasteiger partial charge in [0.15, 0.2) is 0 Å². The third-order valence-corrected chi connectivity index (χ3v) is 3.13. The van der Waals surface area contributed by atoms with Crippen molar-refractivity contribution in [2.75, 3.05) is 0 Å². The van der Waals surface area contributed by atoms with Crippen LogP contribution in [0.2, 0.25) is 0 Å². The summed E-state index contributed by atoms with van der Waals surface area (Å²) in [7, 11) is 0. The largest absolute Gasteiger partial charge is 0.386 e. The summed E-state index contributed by atoms with van der Waals surface area (Å²) in [6.07, 6.45) is 1.88. The van der Waals surface area contributed by atoms with Crippen LogP contribution in [0.25, 0.3) is 0 Å². The zero-order valence-corrected chi connectivity index (χ0v) is 10.5. The molecule has 1 nitrogen and oxygen atoms in total. The lowest BCUT2D eigenvalue weighted by atomic mass is 9.90. The molecule has 0 amide bonds. The van der Waals surface area contributed by atoms with E-state index < -0.39 is 5.60 Å². The van der Waals surface area contributed by atoms with Crippen LogP contribution in [0.5, 0.6) is 0 Å². The minimum absolute atomic E-state index is 0.201. The van der Waals surface area contributed by atoms with Crippen molar-refractivity contribution in [2.24, 2.45) is 0 Å². The molecule has 0 aromatic heterocycles. The van der Waals surface area contributed by atoms with E-state index in [9.17, 15) is 9.50 Å². The maximum absolute atomic E-state index is 13.9. The van der Waals surface area contributed by atoms with Crippen molar-refractivity contribution in [3.05, 3.63) is 35.1 Å². The van der Waals surface area contributed by atoms with Gasteiger partial charge in [-0.25, -0.2) is 4.39 Å². The summed E-state index contributed by atoms with van der Waals surface area (Å²) in [5, 5.41) is 9.79. The van der Waals surface area contributed by atoms with Gasteiger partial charge in [0, 0.05) is 0 Å². The van der Waals surface area contributed by atoms with Crippen molar-refractivity contribution >= 4 is 0 Å². The Kier molecular flexibility index (Phi) is 4.09. The predicted molar refractivity (Wildman–Crippen MR) is 65.0 cm³/mol. The number of hydrogen-bond acceptors (Lipinski definition) is 1. The van der Waals surface area contributed by atoms with Crippen LogP contribution in [0.15, 0.2) is 18.2 Å². The number of halogens is 1. The van der Waals surface area contributed by atoms with Gasteiger partial charge in [0.25, 0.3) is 0 Å². The van der Waals surface area contributed by atoms with Crippen molar-refractivity contribution in [2.45, 2.75) is 52.1 Å². The van der Waals surface area contributed by atoms with Gasteiger partial charge < -0.3 is 5.11 Å². The van der Waals surface area contributed by atoms with E-state index in [1.165, 1.54) is 6.07 Å². The Bertz CT molecular complexity index is 348. The van der Waals surface area contributed by atoms with Gasteiger partial charge in [0.2, 0.25) is 0 Å². The fourth-order valence-electron chi connectivity index (χ4n) is 1.97. The molecule has 1 aromatic rings. The highest BCUT2D eigenvalue weighted by molar-refractivity contribution is 5.30. The molecule has 0 heterocycles. The SMILES string of the molecule is CCC(CC)c1ccc(C(C)(C)O)cc1F. The van der Waals surface area contributed by atoms with Crippen molar-refractivity contribution in [1.82, 2.24) is 0 Å². The van der Waals surface area contributed by atoms with Crippen molar-refractivity contribution in [1.29, 1.82) is 0 Å². The van der Waals surface area contributed by atoms with Crippen LogP contribution in [0, 0.1) is 5.82 Å². The lowest BCUT2D eigenvalue weighted by molar-refractivity contribution is 0.0782. The standard InChI is InChI=1S/C14H21FO/c1-5-10(6-2)12-8-7-11(9-13(12)15)14(3,4)16/h7-10,16H,5-6H2,1-4H3. The predicted octanol–water partition coefficient (Wildman–Crippen LogP) is 3.96. The zero-order valence-electron chi connectivity index (χ0n) is 10.5. The molecule has 0 aliphatic rings. The summed E-state index contributed by atoms with van der Waals surface area (Å²) in [5.74, 6) is 0.0733. The van der Waals surface area contributed by atoms with E-state index in [1.54, 1.807) is 19.9 Å². The average molecular weight is 224 g/mol. The van der Waals surface area contributed by atoms with Gasteiger partial charge in [-0.05, 0) is 49.8 Å². The van der Waals surface area contributed by atoms with Crippen LogP contribution in [0.4, 0.5) is 4.39 Å². The number of benzene rings is 1. The molecule has 1 rings (SSSR count). The highest BCUT2D eigenvalue weighted by Crippen LogP contribution is 2.28. The number of hydrogen-bond donors (Lipinski definition) is 1. The molecular formula is C14H21FO. The van der Waals surface area contributed by atoms with Crippen molar-refractivity contribution in [3.8, 4) is 0 Å². The maximum atomic E-state index is 13.9. The quantitative estimate of drug-likeness (QED) is 0.820. The van der Waals surface area contributed by atoms with Crippen LogP contribution in [-0.2, 0) is 5.60 Å². The lowest BCUT2D eigenvalue weighted by Gasteiger charge is -2.20. The summed E-state index contributed by atoms with van der Waals surface area (Å²) >= 11 is 0. The molecule has 1 aromatic carbocycles. The molecule has 0 saturated carbocycles. The Morgan fingerprint density at radius 1 is 1.25 bits per heavy atom. The van der Waals surface area contributed by atoms with Gasteiger partial charge in [-0.15, -0.1) is 0 Å². The molecule has 0 spiro atoms. The first-order valence-corrected chi connectivity index (χ1v) is 5.92. The molecule has 2 heteroatoms. The molecule has 16 heavy (non-hydrogen) atoms. The van der Waals surface area contributed by atoms with Gasteiger partial charge in [0.1, 0.15) is 5.82 Å². The van der Waals surface area contributed by atoms with E-state index in [4.69, 9.17) is 0 Å². The Hall–Kier alpha value is -0.890. The Morgan fingerprint density at radius 3 is 2.19 bits per heavy atom. The second kappa shape index (κ2) is 4.96. The summed E-state index contributed by atoms with van der Waals surface area (Å²) in [6.45, 7) is 7.46. The first kappa shape index (κ1) is 13.2. The van der Waals surface area contributed by atoms with E-state index in [1.807, 2.05) is 6.07 Å². The molecule has 1 N–H and O–H groups in total. The molecule has 90 valence electrons. The first-order valence-electron chi connectivity index (χ1n) is 5.92. The summed E-state index contributed by atoms with van der Waals surface area (Å²) in [6, 6.07) is 5.07. The van der Waals surface area contributed by atoms with E-state index in [2.05, 4.69) is 13.8 Å². The van der Waals surface area contributed by atoms with E-state index in [0.29, 0.717) is 5.56 Å². The maximum Gasteiger partial charge on any atom is 0.127 e. The normalized spacial score (nSPS) is 12.2.